The normalized spacial score (nSPS) is 10.1. The van der Waals surface area contributed by atoms with Gasteiger partial charge in [0, 0.05) is 26.9 Å². The Bertz CT molecular complexity index is 303. The van der Waals surface area contributed by atoms with Crippen LogP contribution in [-0.2, 0) is 14.4 Å². The van der Waals surface area contributed by atoms with Crippen LogP contribution in [0.2, 0.25) is 0 Å². The van der Waals surface area contributed by atoms with Crippen LogP contribution >= 0.6 is 0 Å². The van der Waals surface area contributed by atoms with E-state index in [0.717, 1.165) is 0 Å². The maximum atomic E-state index is 10.9. The van der Waals surface area contributed by atoms with Crippen molar-refractivity contribution in [2.75, 3.05) is 14.1 Å². The molecule has 0 heterocycles. The molecule has 0 aromatic heterocycles. The van der Waals surface area contributed by atoms with Crippen LogP contribution in [0.15, 0.2) is 0 Å². The van der Waals surface area contributed by atoms with Gasteiger partial charge >= 0.3 is 12.1 Å². The van der Waals surface area contributed by atoms with E-state index in [1.54, 1.807) is 14.1 Å². The van der Waals surface area contributed by atoms with E-state index in [4.69, 9.17) is 15.6 Å². The summed E-state index contributed by atoms with van der Waals surface area (Å²) in [6, 6.07) is 0. The molecule has 18 heavy (non-hydrogen) atoms. The summed E-state index contributed by atoms with van der Waals surface area (Å²) in [5, 5.41) is 7.12. The van der Waals surface area contributed by atoms with Crippen LogP contribution in [-0.4, -0.2) is 48.1 Å². The first kappa shape index (κ1) is 18.6. The summed E-state index contributed by atoms with van der Waals surface area (Å²) >= 11 is 0. The Morgan fingerprint density at radius 1 is 1.17 bits per heavy atom. The highest BCUT2D eigenvalue weighted by Crippen LogP contribution is 2.13. The van der Waals surface area contributed by atoms with Gasteiger partial charge in [-0.05, 0) is 6.42 Å². The molecule has 9 heteroatoms. The average molecular weight is 272 g/mol. The maximum Gasteiger partial charge on any atom is 0.490 e. The summed E-state index contributed by atoms with van der Waals surface area (Å²) in [4.78, 5) is 31.5. The first-order valence-electron chi connectivity index (χ1n) is 4.77. The zero-order chi connectivity index (χ0) is 14.9. The van der Waals surface area contributed by atoms with Gasteiger partial charge in [-0.2, -0.15) is 13.2 Å². The molecule has 0 rings (SSSR count). The fourth-order valence-electron chi connectivity index (χ4n) is 0.637. The van der Waals surface area contributed by atoms with E-state index in [-0.39, 0.29) is 11.8 Å². The van der Waals surface area contributed by atoms with Crippen LogP contribution in [0.3, 0.4) is 0 Å². The Labute approximate surface area is 102 Å². The number of carbonyl (C=O) groups is 3. The highest BCUT2D eigenvalue weighted by molar-refractivity contribution is 5.77. The number of carboxylic acids is 1. The fourth-order valence-corrected chi connectivity index (χ4v) is 0.637. The molecule has 0 atom stereocenters. The second-order valence-corrected chi connectivity index (χ2v) is 3.41. The predicted molar refractivity (Wildman–Crippen MR) is 55.4 cm³/mol. The van der Waals surface area contributed by atoms with Gasteiger partial charge in [0.25, 0.3) is 0 Å². The Kier molecular flexibility index (Phi) is 8.57. The van der Waals surface area contributed by atoms with Gasteiger partial charge in [0.05, 0.1) is 0 Å². The monoisotopic (exact) mass is 272 g/mol. The smallest absolute Gasteiger partial charge is 0.475 e. The molecule has 0 aromatic carbocycles. The number of aliphatic carboxylic acids is 1. The molecule has 0 saturated heterocycles. The standard InChI is InChI=1S/C7H14N2O2.C2HF3O2/c1-9(2)7(11)5-3-4-6(8)10;3-2(4,5)1(6)7/h3-5H2,1-2H3,(H2,8,10);(H,6,7). The molecule has 0 aliphatic rings. The quantitative estimate of drug-likeness (QED) is 0.771. The zero-order valence-corrected chi connectivity index (χ0v) is 9.95. The number of amides is 2. The third-order valence-corrected chi connectivity index (χ3v) is 1.56. The van der Waals surface area contributed by atoms with Gasteiger partial charge in [-0.25, -0.2) is 4.79 Å². The van der Waals surface area contributed by atoms with Crippen LogP contribution in [0.1, 0.15) is 19.3 Å². The minimum Gasteiger partial charge on any atom is -0.475 e. The number of hydrogen-bond donors (Lipinski definition) is 2. The van der Waals surface area contributed by atoms with E-state index >= 15 is 0 Å². The van der Waals surface area contributed by atoms with E-state index in [2.05, 4.69) is 0 Å². The molecule has 106 valence electrons. The maximum absolute atomic E-state index is 10.9. The van der Waals surface area contributed by atoms with Crippen LogP contribution in [0.5, 0.6) is 0 Å². The largest absolute Gasteiger partial charge is 0.490 e. The second-order valence-electron chi connectivity index (χ2n) is 3.41. The Morgan fingerprint density at radius 2 is 1.56 bits per heavy atom. The van der Waals surface area contributed by atoms with Gasteiger partial charge in [-0.3, -0.25) is 9.59 Å². The Hall–Kier alpha value is -1.80. The molecule has 0 unspecified atom stereocenters. The summed E-state index contributed by atoms with van der Waals surface area (Å²) in [6.07, 6.45) is -3.85. The highest BCUT2D eigenvalue weighted by Gasteiger charge is 2.38. The number of carbonyl (C=O) groups excluding carboxylic acids is 2. The lowest BCUT2D eigenvalue weighted by Gasteiger charge is -2.08. The van der Waals surface area contributed by atoms with Crippen molar-refractivity contribution in [1.29, 1.82) is 0 Å². The molecular formula is C9H15F3N2O4. The van der Waals surface area contributed by atoms with Crippen molar-refractivity contribution < 1.29 is 32.7 Å². The van der Waals surface area contributed by atoms with Gasteiger partial charge in [0.2, 0.25) is 11.8 Å². The van der Waals surface area contributed by atoms with Gasteiger partial charge < -0.3 is 15.7 Å². The number of nitrogens with two attached hydrogens (primary N) is 1. The molecule has 0 spiro atoms. The van der Waals surface area contributed by atoms with Gasteiger partial charge in [0.15, 0.2) is 0 Å². The van der Waals surface area contributed by atoms with Crippen molar-refractivity contribution in [3.8, 4) is 0 Å². The summed E-state index contributed by atoms with van der Waals surface area (Å²) in [5.74, 6) is -3.07. The molecule has 0 aromatic rings. The molecule has 0 aliphatic carbocycles. The Morgan fingerprint density at radius 3 is 1.78 bits per heavy atom. The van der Waals surface area contributed by atoms with Crippen molar-refractivity contribution in [2.24, 2.45) is 5.73 Å². The molecular weight excluding hydrogens is 257 g/mol. The molecule has 6 nitrogen and oxygen atoms in total. The lowest BCUT2D eigenvalue weighted by atomic mass is 10.2. The molecule has 0 bridgehead atoms. The number of rotatable bonds is 4. The predicted octanol–water partition coefficient (Wildman–Crippen LogP) is 0.363. The zero-order valence-electron chi connectivity index (χ0n) is 9.95. The summed E-state index contributed by atoms with van der Waals surface area (Å²) < 4.78 is 31.7. The molecule has 2 amide bonds. The first-order valence-corrected chi connectivity index (χ1v) is 4.77. The van der Waals surface area contributed by atoms with Crippen LogP contribution in [0, 0.1) is 0 Å². The van der Waals surface area contributed by atoms with Gasteiger partial charge in [0.1, 0.15) is 0 Å². The average Bonchev–Trinajstić information content (AvgIpc) is 2.16. The number of primary amides is 1. The molecule has 0 aliphatic heterocycles. The second kappa shape index (κ2) is 8.31. The van der Waals surface area contributed by atoms with Crippen molar-refractivity contribution in [3.05, 3.63) is 0 Å². The van der Waals surface area contributed by atoms with E-state index in [0.29, 0.717) is 19.3 Å². The van der Waals surface area contributed by atoms with E-state index in [9.17, 15) is 22.8 Å². The molecule has 3 N–H and O–H groups in total. The summed E-state index contributed by atoms with van der Waals surface area (Å²) in [7, 11) is 3.37. The molecule has 0 fully saturated rings. The topological polar surface area (TPSA) is 101 Å². The van der Waals surface area contributed by atoms with Gasteiger partial charge in [-0.1, -0.05) is 0 Å². The van der Waals surface area contributed by atoms with Crippen molar-refractivity contribution in [2.45, 2.75) is 25.4 Å². The van der Waals surface area contributed by atoms with Crippen LogP contribution < -0.4 is 5.73 Å². The third-order valence-electron chi connectivity index (χ3n) is 1.56. The molecule has 0 radical (unpaired) electrons. The van der Waals surface area contributed by atoms with Gasteiger partial charge in [-0.15, -0.1) is 0 Å². The SMILES string of the molecule is CN(C)C(=O)CCCC(N)=O.O=C(O)C(F)(F)F. The van der Waals surface area contributed by atoms with Crippen LogP contribution in [0.25, 0.3) is 0 Å². The minimum atomic E-state index is -5.08. The summed E-state index contributed by atoms with van der Waals surface area (Å²) in [6.45, 7) is 0. The van der Waals surface area contributed by atoms with Crippen molar-refractivity contribution in [3.63, 3.8) is 0 Å². The minimum absolute atomic E-state index is 0.0336. The first-order chi connectivity index (χ1) is 7.98. The van der Waals surface area contributed by atoms with E-state index < -0.39 is 12.1 Å². The fraction of sp³-hybridized carbons (Fsp3) is 0.667. The number of nitrogens with zero attached hydrogens (tertiary/aromatic N) is 1. The Balaban J connectivity index is 0. The number of halogens is 3. The van der Waals surface area contributed by atoms with Crippen molar-refractivity contribution in [1.82, 2.24) is 4.90 Å². The van der Waals surface area contributed by atoms with Crippen molar-refractivity contribution >= 4 is 17.8 Å². The number of carboxylic acid groups (broad SMARTS) is 1. The number of hydrogen-bond acceptors (Lipinski definition) is 3. The lowest BCUT2D eigenvalue weighted by Crippen LogP contribution is -2.21. The van der Waals surface area contributed by atoms with E-state index in [1.807, 2.05) is 0 Å². The third kappa shape index (κ3) is 12.3. The lowest BCUT2D eigenvalue weighted by molar-refractivity contribution is -0.192. The van der Waals surface area contributed by atoms with Crippen LogP contribution in [0.4, 0.5) is 13.2 Å². The van der Waals surface area contributed by atoms with E-state index in [1.165, 1.54) is 4.90 Å². The molecule has 0 saturated carbocycles. The summed E-state index contributed by atoms with van der Waals surface area (Å²) in [5.41, 5.74) is 4.89. The number of alkyl halides is 3. The highest BCUT2D eigenvalue weighted by atomic mass is 19.4.